The van der Waals surface area contributed by atoms with Crippen molar-refractivity contribution in [3.05, 3.63) is 79.4 Å². The Morgan fingerprint density at radius 1 is 1.04 bits per heavy atom. The number of carbonyl (C=O) groups is 1. The average molecular weight is 358 g/mol. The van der Waals surface area contributed by atoms with Crippen LogP contribution in [0.2, 0.25) is 0 Å². The first-order chi connectivity index (χ1) is 13.3. The molecule has 0 spiro atoms. The van der Waals surface area contributed by atoms with Crippen LogP contribution in [0.5, 0.6) is 0 Å². The number of methoxy groups -OCH3 is 1. The fourth-order valence-corrected chi connectivity index (χ4v) is 3.03. The molecule has 2 heterocycles. The van der Waals surface area contributed by atoms with Gasteiger partial charge >= 0.3 is 5.97 Å². The molecule has 4 aromatic rings. The molecule has 0 fully saturated rings. The first kappa shape index (κ1) is 16.8. The summed E-state index contributed by atoms with van der Waals surface area (Å²) in [6.07, 6.45) is 5.31. The maximum Gasteiger partial charge on any atom is 0.325 e. The van der Waals surface area contributed by atoms with Crippen LogP contribution >= 0.6 is 0 Å². The summed E-state index contributed by atoms with van der Waals surface area (Å²) < 4.78 is 8.46. The monoisotopic (exact) mass is 358 g/mol. The third-order valence-electron chi connectivity index (χ3n) is 4.30. The summed E-state index contributed by atoms with van der Waals surface area (Å²) in [4.78, 5) is 16.5. The normalized spacial score (nSPS) is 10.7. The fourth-order valence-electron chi connectivity index (χ4n) is 3.03. The molecule has 2 aromatic heterocycles. The number of aromatic nitrogens is 4. The van der Waals surface area contributed by atoms with Crippen LogP contribution in [0.25, 0.3) is 28.2 Å². The van der Waals surface area contributed by atoms with Crippen LogP contribution in [0.4, 0.5) is 0 Å². The van der Waals surface area contributed by atoms with E-state index in [9.17, 15) is 4.79 Å². The summed E-state index contributed by atoms with van der Waals surface area (Å²) in [5.74, 6) is -0.323. The topological polar surface area (TPSA) is 61.9 Å². The molecule has 0 saturated heterocycles. The number of hydrogen-bond acceptors (Lipinski definition) is 4. The van der Waals surface area contributed by atoms with E-state index in [2.05, 4.69) is 10.1 Å². The van der Waals surface area contributed by atoms with Crippen molar-refractivity contribution in [2.45, 2.75) is 6.54 Å². The summed E-state index contributed by atoms with van der Waals surface area (Å²) in [5.41, 5.74) is 4.55. The lowest BCUT2D eigenvalue weighted by molar-refractivity contribution is -0.141. The second-order valence-electron chi connectivity index (χ2n) is 6.01. The van der Waals surface area contributed by atoms with Crippen molar-refractivity contribution in [1.29, 1.82) is 0 Å². The third kappa shape index (κ3) is 3.37. The standard InChI is InChI=1S/C21H18N4O2/c1-27-19(26)14-24-15-22-20(16-7-3-2-4-8-16)21(24)17-9-5-10-18(13-17)25-12-6-11-23-25/h2-13,15H,14H2,1H3. The van der Waals surface area contributed by atoms with Gasteiger partial charge in [-0.3, -0.25) is 4.79 Å². The fraction of sp³-hybridized carbons (Fsp3) is 0.0952. The molecular formula is C21H18N4O2. The molecule has 0 aliphatic heterocycles. The van der Waals surface area contributed by atoms with Crippen LogP contribution in [0.15, 0.2) is 79.4 Å². The van der Waals surface area contributed by atoms with Gasteiger partial charge in [0.05, 0.1) is 30.5 Å². The number of rotatable bonds is 5. The van der Waals surface area contributed by atoms with E-state index in [1.807, 2.05) is 71.4 Å². The summed E-state index contributed by atoms with van der Waals surface area (Å²) in [5, 5.41) is 4.29. The Balaban J connectivity index is 1.86. The van der Waals surface area contributed by atoms with Gasteiger partial charge in [0.25, 0.3) is 0 Å². The number of benzene rings is 2. The molecule has 0 aliphatic rings. The quantitative estimate of drug-likeness (QED) is 0.512. The number of carbonyl (C=O) groups excluding carboxylic acids is 1. The van der Waals surface area contributed by atoms with E-state index in [1.165, 1.54) is 7.11 Å². The predicted octanol–water partition coefficient (Wildman–Crippen LogP) is 3.58. The number of ether oxygens (including phenoxy) is 1. The van der Waals surface area contributed by atoms with Crippen LogP contribution in [0, 0.1) is 0 Å². The second-order valence-corrected chi connectivity index (χ2v) is 6.01. The van der Waals surface area contributed by atoms with E-state index in [-0.39, 0.29) is 12.5 Å². The first-order valence-electron chi connectivity index (χ1n) is 8.54. The molecule has 2 aromatic carbocycles. The minimum Gasteiger partial charge on any atom is -0.468 e. The molecule has 0 N–H and O–H groups in total. The van der Waals surface area contributed by atoms with E-state index >= 15 is 0 Å². The highest BCUT2D eigenvalue weighted by Crippen LogP contribution is 2.32. The minimum absolute atomic E-state index is 0.0949. The highest BCUT2D eigenvalue weighted by molar-refractivity contribution is 5.81. The lowest BCUT2D eigenvalue weighted by Gasteiger charge is -2.11. The smallest absolute Gasteiger partial charge is 0.325 e. The van der Waals surface area contributed by atoms with E-state index < -0.39 is 0 Å². The summed E-state index contributed by atoms with van der Waals surface area (Å²) >= 11 is 0. The zero-order valence-electron chi connectivity index (χ0n) is 14.8. The van der Waals surface area contributed by atoms with E-state index in [0.29, 0.717) is 0 Å². The largest absolute Gasteiger partial charge is 0.468 e. The molecule has 0 unspecified atom stereocenters. The predicted molar refractivity (Wildman–Crippen MR) is 102 cm³/mol. The highest BCUT2D eigenvalue weighted by atomic mass is 16.5. The Kier molecular flexibility index (Phi) is 4.53. The molecule has 0 amide bonds. The maximum atomic E-state index is 11.9. The molecule has 0 saturated carbocycles. The maximum absolute atomic E-state index is 11.9. The van der Waals surface area contributed by atoms with Crippen LogP contribution in [-0.4, -0.2) is 32.4 Å². The van der Waals surface area contributed by atoms with Crippen molar-refractivity contribution < 1.29 is 9.53 Å². The van der Waals surface area contributed by atoms with Crippen molar-refractivity contribution in [1.82, 2.24) is 19.3 Å². The lowest BCUT2D eigenvalue weighted by atomic mass is 10.0. The van der Waals surface area contributed by atoms with E-state index in [4.69, 9.17) is 4.74 Å². The third-order valence-corrected chi connectivity index (χ3v) is 4.30. The number of imidazole rings is 1. The Hall–Kier alpha value is -3.67. The zero-order chi connectivity index (χ0) is 18.6. The molecule has 6 heteroatoms. The Bertz CT molecular complexity index is 1050. The molecule has 6 nitrogen and oxygen atoms in total. The lowest BCUT2D eigenvalue weighted by Crippen LogP contribution is -2.11. The van der Waals surface area contributed by atoms with Crippen LogP contribution in [0.1, 0.15) is 0 Å². The van der Waals surface area contributed by atoms with Gasteiger partial charge in [-0.1, -0.05) is 42.5 Å². The van der Waals surface area contributed by atoms with Gasteiger partial charge in [0.2, 0.25) is 0 Å². The molecule has 0 aliphatic carbocycles. The summed E-state index contributed by atoms with van der Waals surface area (Å²) in [6, 6.07) is 19.8. The van der Waals surface area contributed by atoms with Gasteiger partial charge in [-0.2, -0.15) is 5.10 Å². The van der Waals surface area contributed by atoms with Crippen LogP contribution in [-0.2, 0) is 16.1 Å². The zero-order valence-corrected chi connectivity index (χ0v) is 14.8. The van der Waals surface area contributed by atoms with Gasteiger partial charge in [-0.25, -0.2) is 9.67 Å². The Morgan fingerprint density at radius 2 is 1.85 bits per heavy atom. The summed E-state index contributed by atoms with van der Waals surface area (Å²) in [6.45, 7) is 0.0949. The molecular weight excluding hydrogens is 340 g/mol. The van der Waals surface area contributed by atoms with Crippen molar-refractivity contribution in [3.8, 4) is 28.2 Å². The molecule has 0 bridgehead atoms. The highest BCUT2D eigenvalue weighted by Gasteiger charge is 2.17. The molecule has 4 rings (SSSR count). The van der Waals surface area contributed by atoms with Gasteiger partial charge in [0.15, 0.2) is 0 Å². The Labute approximate surface area is 156 Å². The molecule has 0 radical (unpaired) electrons. The molecule has 0 atom stereocenters. The SMILES string of the molecule is COC(=O)Cn1cnc(-c2ccccc2)c1-c1cccc(-n2cccn2)c1. The number of hydrogen-bond donors (Lipinski definition) is 0. The first-order valence-corrected chi connectivity index (χ1v) is 8.54. The van der Waals surface area contributed by atoms with Crippen molar-refractivity contribution in [2.24, 2.45) is 0 Å². The van der Waals surface area contributed by atoms with E-state index in [0.717, 1.165) is 28.2 Å². The number of esters is 1. The molecule has 27 heavy (non-hydrogen) atoms. The summed E-state index contributed by atoms with van der Waals surface area (Å²) in [7, 11) is 1.38. The average Bonchev–Trinajstić information content (AvgIpc) is 3.39. The van der Waals surface area contributed by atoms with Gasteiger partial charge in [0.1, 0.15) is 6.54 Å². The van der Waals surface area contributed by atoms with Crippen molar-refractivity contribution in [3.63, 3.8) is 0 Å². The van der Waals surface area contributed by atoms with Crippen molar-refractivity contribution >= 4 is 5.97 Å². The van der Waals surface area contributed by atoms with Crippen LogP contribution in [0.3, 0.4) is 0 Å². The van der Waals surface area contributed by atoms with Crippen molar-refractivity contribution in [2.75, 3.05) is 7.11 Å². The number of nitrogens with zero attached hydrogens (tertiary/aromatic N) is 4. The van der Waals surface area contributed by atoms with Crippen LogP contribution < -0.4 is 0 Å². The van der Waals surface area contributed by atoms with Gasteiger partial charge in [-0.15, -0.1) is 0 Å². The van der Waals surface area contributed by atoms with Gasteiger partial charge in [-0.05, 0) is 18.2 Å². The van der Waals surface area contributed by atoms with E-state index in [1.54, 1.807) is 17.2 Å². The molecule has 134 valence electrons. The Morgan fingerprint density at radius 3 is 2.59 bits per heavy atom. The van der Waals surface area contributed by atoms with Gasteiger partial charge in [0, 0.05) is 23.5 Å². The minimum atomic E-state index is -0.323. The van der Waals surface area contributed by atoms with Gasteiger partial charge < -0.3 is 9.30 Å². The second kappa shape index (κ2) is 7.29.